The summed E-state index contributed by atoms with van der Waals surface area (Å²) in [7, 11) is 0. The van der Waals surface area contributed by atoms with Crippen LogP contribution in [-0.2, 0) is 28.4 Å². The predicted molar refractivity (Wildman–Crippen MR) is 73.6 cm³/mol. The summed E-state index contributed by atoms with van der Waals surface area (Å²) in [6.45, 7) is 12.4. The molecule has 0 aromatic carbocycles. The highest BCUT2D eigenvalue weighted by atomic mass is 16.8. The van der Waals surface area contributed by atoms with Crippen LogP contribution in [0.1, 0.15) is 41.5 Å². The van der Waals surface area contributed by atoms with Crippen LogP contribution in [0.3, 0.4) is 0 Å². The molecule has 3 fully saturated rings. The Labute approximate surface area is 126 Å². The minimum Gasteiger partial charge on any atom is -0.348 e. The van der Waals surface area contributed by atoms with E-state index < -0.39 is 17.4 Å². The summed E-state index contributed by atoms with van der Waals surface area (Å²) < 4.78 is 35.3. The third-order valence-electron chi connectivity index (χ3n) is 3.96. The molecule has 3 aliphatic heterocycles. The molecule has 0 N–H and O–H groups in total. The van der Waals surface area contributed by atoms with Crippen LogP contribution < -0.4 is 0 Å². The van der Waals surface area contributed by atoms with E-state index in [2.05, 4.69) is 0 Å². The number of hydrogen-bond acceptors (Lipinski definition) is 6. The highest BCUT2D eigenvalue weighted by Gasteiger charge is 2.54. The normalized spacial score (nSPS) is 44.3. The van der Waals surface area contributed by atoms with Crippen LogP contribution in [-0.4, -0.2) is 55.0 Å². The summed E-state index contributed by atoms with van der Waals surface area (Å²) in [6.07, 6.45) is -0.799. The van der Waals surface area contributed by atoms with Gasteiger partial charge < -0.3 is 28.4 Å². The van der Waals surface area contributed by atoms with Crippen molar-refractivity contribution in [3.8, 4) is 0 Å². The van der Waals surface area contributed by atoms with Crippen LogP contribution in [0.15, 0.2) is 0 Å². The summed E-state index contributed by atoms with van der Waals surface area (Å²) in [4.78, 5) is 0. The van der Waals surface area contributed by atoms with Gasteiger partial charge in [-0.1, -0.05) is 0 Å². The second-order valence-corrected chi connectivity index (χ2v) is 7.30. The molecule has 3 aliphatic rings. The summed E-state index contributed by atoms with van der Waals surface area (Å²) in [6, 6.07) is 0. The molecule has 3 saturated heterocycles. The number of hydrogen-bond donors (Lipinski definition) is 0. The molecule has 0 aromatic rings. The zero-order valence-electron chi connectivity index (χ0n) is 13.7. The molecule has 0 saturated carbocycles. The van der Waals surface area contributed by atoms with E-state index in [9.17, 15) is 0 Å². The first kappa shape index (κ1) is 15.6. The summed E-state index contributed by atoms with van der Waals surface area (Å²) >= 11 is 0. The average molecular weight is 302 g/mol. The van der Waals surface area contributed by atoms with E-state index in [1.165, 1.54) is 0 Å². The van der Waals surface area contributed by atoms with Crippen molar-refractivity contribution in [3.63, 3.8) is 0 Å². The SMILES string of the molecule is CC1(C)O[C@@H]([C@@H]2COC(C)(C)O2)[C@@H]([C@@H]2COC(C)(C)O2)O1. The van der Waals surface area contributed by atoms with E-state index in [0.717, 1.165) is 0 Å². The Hall–Kier alpha value is -0.240. The lowest BCUT2D eigenvalue weighted by Gasteiger charge is -2.26. The zero-order chi connectivity index (χ0) is 15.5. The van der Waals surface area contributed by atoms with Gasteiger partial charge in [0.05, 0.1) is 13.2 Å². The van der Waals surface area contributed by atoms with Crippen molar-refractivity contribution < 1.29 is 28.4 Å². The first-order valence-electron chi connectivity index (χ1n) is 7.56. The summed E-state index contributed by atoms with van der Waals surface area (Å²) in [5.41, 5.74) is 0. The second kappa shape index (κ2) is 4.88. The van der Waals surface area contributed by atoms with Crippen molar-refractivity contribution in [2.24, 2.45) is 0 Å². The highest BCUT2D eigenvalue weighted by Crippen LogP contribution is 2.39. The Bertz CT molecular complexity index is 369. The van der Waals surface area contributed by atoms with E-state index in [-0.39, 0.29) is 24.4 Å². The number of rotatable bonds is 2. The lowest BCUT2D eigenvalue weighted by Crippen LogP contribution is -2.45. The van der Waals surface area contributed by atoms with Gasteiger partial charge in [0.25, 0.3) is 0 Å². The molecular weight excluding hydrogens is 276 g/mol. The van der Waals surface area contributed by atoms with Gasteiger partial charge in [-0.25, -0.2) is 0 Å². The Balaban J connectivity index is 1.75. The van der Waals surface area contributed by atoms with Crippen molar-refractivity contribution in [1.82, 2.24) is 0 Å². The molecule has 3 rings (SSSR count). The van der Waals surface area contributed by atoms with E-state index >= 15 is 0 Å². The van der Waals surface area contributed by atoms with Crippen LogP contribution in [0.2, 0.25) is 0 Å². The van der Waals surface area contributed by atoms with Crippen LogP contribution in [0.4, 0.5) is 0 Å². The Kier molecular flexibility index (Phi) is 3.63. The minimum atomic E-state index is -0.665. The molecule has 0 spiro atoms. The molecule has 0 radical (unpaired) electrons. The first-order valence-corrected chi connectivity index (χ1v) is 7.56. The average Bonchev–Trinajstić information content (AvgIpc) is 2.94. The van der Waals surface area contributed by atoms with E-state index in [0.29, 0.717) is 13.2 Å². The third-order valence-corrected chi connectivity index (χ3v) is 3.96. The molecule has 0 unspecified atom stereocenters. The Morgan fingerprint density at radius 1 is 0.571 bits per heavy atom. The van der Waals surface area contributed by atoms with Crippen LogP contribution >= 0.6 is 0 Å². The van der Waals surface area contributed by atoms with Crippen LogP contribution in [0.25, 0.3) is 0 Å². The van der Waals surface area contributed by atoms with Crippen molar-refractivity contribution in [3.05, 3.63) is 0 Å². The van der Waals surface area contributed by atoms with Gasteiger partial charge in [0.15, 0.2) is 17.4 Å². The maximum Gasteiger partial charge on any atom is 0.164 e. The molecule has 0 amide bonds. The summed E-state index contributed by atoms with van der Waals surface area (Å²) in [5, 5.41) is 0. The fourth-order valence-electron chi connectivity index (χ4n) is 3.15. The van der Waals surface area contributed by atoms with Gasteiger partial charge in [-0.3, -0.25) is 0 Å². The lowest BCUT2D eigenvalue weighted by molar-refractivity contribution is -0.178. The van der Waals surface area contributed by atoms with Gasteiger partial charge in [-0.2, -0.15) is 0 Å². The fraction of sp³-hybridized carbons (Fsp3) is 1.00. The predicted octanol–water partition coefficient (Wildman–Crippen LogP) is 1.81. The molecule has 6 heteroatoms. The molecule has 6 nitrogen and oxygen atoms in total. The molecule has 0 aliphatic carbocycles. The van der Waals surface area contributed by atoms with Crippen molar-refractivity contribution in [1.29, 1.82) is 0 Å². The fourth-order valence-corrected chi connectivity index (χ4v) is 3.15. The maximum absolute atomic E-state index is 6.06. The third kappa shape index (κ3) is 3.25. The smallest absolute Gasteiger partial charge is 0.164 e. The standard InChI is InChI=1S/C15H26O6/c1-13(2)16-7-9(18-13)11-12(21-15(5,6)20-11)10-8-17-14(3,4)19-10/h9-12H,7-8H2,1-6H3/t9-,10-,11-,12+/m0/s1. The van der Waals surface area contributed by atoms with Gasteiger partial charge in [0.2, 0.25) is 0 Å². The van der Waals surface area contributed by atoms with E-state index in [1.807, 2.05) is 41.5 Å². The summed E-state index contributed by atoms with van der Waals surface area (Å²) in [5.74, 6) is -1.84. The van der Waals surface area contributed by atoms with E-state index in [1.54, 1.807) is 0 Å². The molecule has 0 bridgehead atoms. The maximum atomic E-state index is 6.06. The van der Waals surface area contributed by atoms with E-state index in [4.69, 9.17) is 28.4 Å². The Morgan fingerprint density at radius 3 is 1.24 bits per heavy atom. The van der Waals surface area contributed by atoms with Gasteiger partial charge in [-0.15, -0.1) is 0 Å². The van der Waals surface area contributed by atoms with Gasteiger partial charge in [0.1, 0.15) is 24.4 Å². The quantitative estimate of drug-likeness (QED) is 0.775. The van der Waals surface area contributed by atoms with Crippen molar-refractivity contribution >= 4 is 0 Å². The topological polar surface area (TPSA) is 55.4 Å². The Morgan fingerprint density at radius 2 is 0.952 bits per heavy atom. The van der Waals surface area contributed by atoms with Crippen LogP contribution in [0.5, 0.6) is 0 Å². The molecule has 0 aromatic heterocycles. The number of ether oxygens (including phenoxy) is 6. The molecular formula is C15H26O6. The highest BCUT2D eigenvalue weighted by molar-refractivity contribution is 4.96. The van der Waals surface area contributed by atoms with Crippen LogP contribution in [0, 0.1) is 0 Å². The zero-order valence-corrected chi connectivity index (χ0v) is 13.7. The van der Waals surface area contributed by atoms with Gasteiger partial charge in [-0.05, 0) is 41.5 Å². The first-order chi connectivity index (χ1) is 9.57. The minimum absolute atomic E-state index is 0.168. The molecule has 122 valence electrons. The van der Waals surface area contributed by atoms with Crippen molar-refractivity contribution in [2.75, 3.05) is 13.2 Å². The van der Waals surface area contributed by atoms with Crippen molar-refractivity contribution in [2.45, 2.75) is 83.3 Å². The largest absolute Gasteiger partial charge is 0.348 e. The van der Waals surface area contributed by atoms with Gasteiger partial charge in [0, 0.05) is 0 Å². The monoisotopic (exact) mass is 302 g/mol. The lowest BCUT2D eigenvalue weighted by atomic mass is 10.0. The molecule has 21 heavy (non-hydrogen) atoms. The molecule has 4 atom stereocenters. The van der Waals surface area contributed by atoms with Gasteiger partial charge >= 0.3 is 0 Å². The second-order valence-electron chi connectivity index (χ2n) is 7.30. The molecule has 3 heterocycles.